The largest absolute Gasteiger partial charge is 0.456 e. The van der Waals surface area contributed by atoms with Gasteiger partial charge in [0.1, 0.15) is 11.2 Å². The normalized spacial score (nSPS) is 12.6. The molecule has 2 bridgehead atoms. The molecule has 0 N–H and O–H groups in total. The van der Waals surface area contributed by atoms with Gasteiger partial charge in [-0.1, -0.05) is 115 Å². The summed E-state index contributed by atoms with van der Waals surface area (Å²) in [6.45, 7) is 0. The highest BCUT2D eigenvalue weighted by Crippen LogP contribution is 2.53. The molecule has 0 saturated heterocycles. The van der Waals surface area contributed by atoms with Crippen LogP contribution in [0, 0.1) is 0 Å². The Morgan fingerprint density at radius 1 is 0.340 bits per heavy atom. The maximum Gasteiger partial charge on any atom is 0.137 e. The topological polar surface area (TPSA) is 19.6 Å². The summed E-state index contributed by atoms with van der Waals surface area (Å²) in [4.78, 5) is 4.86. The van der Waals surface area contributed by atoms with Gasteiger partial charge in [-0.15, -0.1) is 0 Å². The van der Waals surface area contributed by atoms with E-state index in [4.69, 9.17) is 4.42 Å². The van der Waals surface area contributed by atoms with Crippen LogP contribution in [-0.4, -0.2) is 0 Å². The standard InChI is InChI=1S/C44H28N2O/c1-2-12-29(13-3-1)31-17-8-18-33(26-31)45-38-22-10-24-41-43(38)44-39(23-11-25-42(44)47-41)46(37-21-9-16-30-14-4-6-19-35(30)37)34-27-32-15-5-7-20-36(32)40(45)28-34/h1-28H. The van der Waals surface area contributed by atoms with Crippen LogP contribution in [-0.2, 0) is 0 Å². The molecule has 0 amide bonds. The SMILES string of the molecule is c1ccc(-c2cccc(N3c4cc(cc5ccccc45)N(c4cccc5ccccc45)c4cccc5oc6cccc3c6c45)c2)cc1. The van der Waals surface area contributed by atoms with Crippen molar-refractivity contribution >= 4 is 77.6 Å². The minimum Gasteiger partial charge on any atom is -0.456 e. The van der Waals surface area contributed by atoms with E-state index in [1.54, 1.807) is 0 Å². The molecule has 0 atom stereocenters. The van der Waals surface area contributed by atoms with Gasteiger partial charge in [-0.2, -0.15) is 0 Å². The van der Waals surface area contributed by atoms with Gasteiger partial charge in [0.2, 0.25) is 0 Å². The Morgan fingerprint density at radius 3 is 1.66 bits per heavy atom. The van der Waals surface area contributed by atoms with E-state index in [1.165, 1.54) is 32.7 Å². The van der Waals surface area contributed by atoms with Crippen LogP contribution in [0.3, 0.4) is 0 Å². The highest BCUT2D eigenvalue weighted by molar-refractivity contribution is 6.21. The van der Waals surface area contributed by atoms with E-state index in [0.29, 0.717) is 0 Å². The van der Waals surface area contributed by atoms with Crippen LogP contribution in [0.2, 0.25) is 0 Å². The van der Waals surface area contributed by atoms with Crippen molar-refractivity contribution in [3.63, 3.8) is 0 Å². The Balaban J connectivity index is 1.38. The smallest absolute Gasteiger partial charge is 0.137 e. The van der Waals surface area contributed by atoms with E-state index in [2.05, 4.69) is 180 Å². The zero-order valence-electron chi connectivity index (χ0n) is 25.5. The van der Waals surface area contributed by atoms with E-state index in [9.17, 15) is 0 Å². The number of rotatable bonds is 3. The first-order valence-electron chi connectivity index (χ1n) is 16.0. The lowest BCUT2D eigenvalue weighted by Crippen LogP contribution is -2.13. The molecule has 0 aliphatic carbocycles. The van der Waals surface area contributed by atoms with Crippen molar-refractivity contribution in [1.82, 2.24) is 0 Å². The van der Waals surface area contributed by atoms with Gasteiger partial charge in [0.05, 0.1) is 33.5 Å². The lowest BCUT2D eigenvalue weighted by Gasteiger charge is -2.30. The van der Waals surface area contributed by atoms with Gasteiger partial charge in [0, 0.05) is 22.1 Å². The fraction of sp³-hybridized carbons (Fsp3) is 0. The third kappa shape index (κ3) is 3.93. The van der Waals surface area contributed by atoms with E-state index in [1.807, 2.05) is 0 Å². The second-order valence-electron chi connectivity index (χ2n) is 12.2. The van der Waals surface area contributed by atoms with E-state index < -0.39 is 0 Å². The van der Waals surface area contributed by atoms with Crippen LogP contribution in [0.4, 0.5) is 34.1 Å². The van der Waals surface area contributed by atoms with Gasteiger partial charge >= 0.3 is 0 Å². The molecular formula is C44H28N2O. The summed E-state index contributed by atoms with van der Waals surface area (Å²) in [6, 6.07) is 61.0. The van der Waals surface area contributed by atoms with Crippen LogP contribution in [0.15, 0.2) is 174 Å². The molecular weight excluding hydrogens is 572 g/mol. The molecule has 0 saturated carbocycles. The predicted octanol–water partition coefficient (Wildman–Crippen LogP) is 12.8. The van der Waals surface area contributed by atoms with Crippen LogP contribution in [0.25, 0.3) is 54.6 Å². The third-order valence-electron chi connectivity index (χ3n) is 9.50. The van der Waals surface area contributed by atoms with Crippen LogP contribution < -0.4 is 9.80 Å². The lowest BCUT2D eigenvalue weighted by molar-refractivity contribution is 0.669. The molecule has 0 spiro atoms. The Hall–Kier alpha value is -6.32. The van der Waals surface area contributed by atoms with Crippen molar-refractivity contribution in [2.75, 3.05) is 9.80 Å². The summed E-state index contributed by atoms with van der Waals surface area (Å²) in [5.41, 5.74) is 10.7. The summed E-state index contributed by atoms with van der Waals surface area (Å²) >= 11 is 0. The van der Waals surface area contributed by atoms with Gasteiger partial charge in [-0.3, -0.25) is 0 Å². The monoisotopic (exact) mass is 600 g/mol. The quantitative estimate of drug-likeness (QED) is 0.201. The zero-order chi connectivity index (χ0) is 30.9. The third-order valence-corrected chi connectivity index (χ3v) is 9.50. The molecule has 3 heteroatoms. The number of anilines is 6. The Kier molecular flexibility index (Phi) is 5.57. The second-order valence-corrected chi connectivity index (χ2v) is 12.2. The fourth-order valence-electron chi connectivity index (χ4n) is 7.47. The van der Waals surface area contributed by atoms with Gasteiger partial charge in [0.15, 0.2) is 0 Å². The van der Waals surface area contributed by atoms with Gasteiger partial charge < -0.3 is 14.2 Å². The maximum atomic E-state index is 6.65. The Morgan fingerprint density at radius 2 is 0.894 bits per heavy atom. The molecule has 220 valence electrons. The van der Waals surface area contributed by atoms with Gasteiger partial charge in [-0.25, -0.2) is 0 Å². The molecule has 1 aliphatic rings. The maximum absolute atomic E-state index is 6.65. The van der Waals surface area contributed by atoms with Gasteiger partial charge in [-0.05, 0) is 76.5 Å². The van der Waals surface area contributed by atoms with E-state index in [0.717, 1.165) is 56.1 Å². The van der Waals surface area contributed by atoms with E-state index >= 15 is 0 Å². The Bertz CT molecular complexity index is 2650. The second kappa shape index (κ2) is 10.1. The molecule has 0 fully saturated rings. The summed E-state index contributed by atoms with van der Waals surface area (Å²) in [7, 11) is 0. The molecule has 47 heavy (non-hydrogen) atoms. The van der Waals surface area contributed by atoms with Crippen molar-refractivity contribution in [3.8, 4) is 11.1 Å². The highest BCUT2D eigenvalue weighted by Gasteiger charge is 2.28. The molecule has 10 rings (SSSR count). The van der Waals surface area contributed by atoms with Crippen LogP contribution in [0.1, 0.15) is 0 Å². The van der Waals surface area contributed by atoms with Crippen LogP contribution in [0.5, 0.6) is 0 Å². The summed E-state index contributed by atoms with van der Waals surface area (Å²) in [5.74, 6) is 0. The molecule has 3 nitrogen and oxygen atoms in total. The first kappa shape index (κ1) is 26.0. The fourth-order valence-corrected chi connectivity index (χ4v) is 7.47. The average Bonchev–Trinajstić information content (AvgIpc) is 3.54. The summed E-state index contributed by atoms with van der Waals surface area (Å²) < 4.78 is 6.65. The average molecular weight is 601 g/mol. The molecule has 2 heterocycles. The molecule has 9 aromatic rings. The van der Waals surface area contributed by atoms with Crippen molar-refractivity contribution in [1.29, 1.82) is 0 Å². The zero-order valence-corrected chi connectivity index (χ0v) is 25.5. The van der Waals surface area contributed by atoms with Crippen molar-refractivity contribution in [2.24, 2.45) is 0 Å². The summed E-state index contributed by atoms with van der Waals surface area (Å²) in [5, 5.41) is 6.96. The molecule has 0 unspecified atom stereocenters. The van der Waals surface area contributed by atoms with Crippen LogP contribution >= 0.6 is 0 Å². The van der Waals surface area contributed by atoms with Crippen molar-refractivity contribution in [3.05, 3.63) is 170 Å². The number of fused-ring (bicyclic) bond motifs is 5. The number of hydrogen-bond donors (Lipinski definition) is 0. The minimum atomic E-state index is 0.867. The van der Waals surface area contributed by atoms with Crippen molar-refractivity contribution in [2.45, 2.75) is 0 Å². The molecule has 1 aromatic heterocycles. The number of furan rings is 1. The summed E-state index contributed by atoms with van der Waals surface area (Å²) in [6.07, 6.45) is 0. The molecule has 8 aromatic carbocycles. The first-order chi connectivity index (χ1) is 23.3. The Labute approximate surface area is 272 Å². The minimum absolute atomic E-state index is 0.867. The van der Waals surface area contributed by atoms with E-state index in [-0.39, 0.29) is 0 Å². The van der Waals surface area contributed by atoms with Gasteiger partial charge in [0.25, 0.3) is 0 Å². The number of nitrogens with zero attached hydrogens (tertiary/aromatic N) is 2. The van der Waals surface area contributed by atoms with Crippen molar-refractivity contribution < 1.29 is 4.42 Å². The lowest BCUT2D eigenvalue weighted by atomic mass is 10.0. The highest BCUT2D eigenvalue weighted by atomic mass is 16.3. The molecule has 0 radical (unpaired) electrons. The molecule has 1 aliphatic heterocycles. The number of hydrogen-bond acceptors (Lipinski definition) is 3. The first-order valence-corrected chi connectivity index (χ1v) is 16.0. The number of benzene rings is 8. The predicted molar refractivity (Wildman–Crippen MR) is 197 cm³/mol.